The zero-order valence-corrected chi connectivity index (χ0v) is 8.87. The summed E-state index contributed by atoms with van der Waals surface area (Å²) >= 11 is 0. The number of H-pyrrole nitrogens is 1. The Kier molecular flexibility index (Phi) is 2.35. The van der Waals surface area contributed by atoms with Crippen LogP contribution in [0, 0.1) is 0 Å². The molecule has 0 amide bonds. The molecule has 0 radical (unpaired) electrons. The van der Waals surface area contributed by atoms with E-state index in [1.807, 2.05) is 0 Å². The molecular formula is C11H10F2N2O2. The Morgan fingerprint density at radius 1 is 1.18 bits per heavy atom. The third-order valence-corrected chi connectivity index (χ3v) is 2.58. The Labute approximate surface area is 95.6 Å². The standard InChI is InChI=1S/C11H10F2N2O2/c12-10(13)11-14-6-4-8-9(5-7(6)15-11)17-3-1-2-16-8/h4-5,10H,1-3H2,(H,14,15). The van der Waals surface area contributed by atoms with E-state index >= 15 is 0 Å². The number of alkyl halides is 2. The van der Waals surface area contributed by atoms with Crippen molar-refractivity contribution < 1.29 is 18.3 Å². The fraction of sp³-hybridized carbons (Fsp3) is 0.364. The highest BCUT2D eigenvalue weighted by Crippen LogP contribution is 2.34. The molecule has 1 N–H and O–H groups in total. The van der Waals surface area contributed by atoms with Gasteiger partial charge in [0, 0.05) is 18.6 Å². The number of rotatable bonds is 1. The number of hydrogen-bond donors (Lipinski definition) is 1. The van der Waals surface area contributed by atoms with E-state index in [2.05, 4.69) is 9.97 Å². The summed E-state index contributed by atoms with van der Waals surface area (Å²) in [4.78, 5) is 6.38. The van der Waals surface area contributed by atoms with Crippen molar-refractivity contribution in [3.63, 3.8) is 0 Å². The van der Waals surface area contributed by atoms with Crippen molar-refractivity contribution in [3.8, 4) is 11.5 Å². The molecule has 6 heteroatoms. The highest BCUT2D eigenvalue weighted by molar-refractivity contribution is 5.79. The molecule has 0 atom stereocenters. The van der Waals surface area contributed by atoms with Gasteiger partial charge in [-0.1, -0.05) is 0 Å². The smallest absolute Gasteiger partial charge is 0.295 e. The molecule has 1 aliphatic rings. The number of nitrogens with one attached hydrogen (secondary N) is 1. The molecular weight excluding hydrogens is 230 g/mol. The van der Waals surface area contributed by atoms with Crippen LogP contribution in [0.5, 0.6) is 11.5 Å². The van der Waals surface area contributed by atoms with Gasteiger partial charge >= 0.3 is 0 Å². The number of aromatic nitrogens is 2. The summed E-state index contributed by atoms with van der Waals surface area (Å²) in [5.41, 5.74) is 0.995. The molecule has 0 saturated heterocycles. The van der Waals surface area contributed by atoms with Crippen molar-refractivity contribution in [2.24, 2.45) is 0 Å². The molecule has 4 nitrogen and oxygen atoms in total. The molecule has 1 aromatic carbocycles. The summed E-state index contributed by atoms with van der Waals surface area (Å²) in [5, 5.41) is 0. The van der Waals surface area contributed by atoms with E-state index in [4.69, 9.17) is 9.47 Å². The predicted molar refractivity (Wildman–Crippen MR) is 56.7 cm³/mol. The topological polar surface area (TPSA) is 47.1 Å². The fourth-order valence-electron chi connectivity index (χ4n) is 1.79. The molecule has 1 aromatic heterocycles. The van der Waals surface area contributed by atoms with Gasteiger partial charge in [0.15, 0.2) is 17.3 Å². The minimum atomic E-state index is -2.61. The summed E-state index contributed by atoms with van der Waals surface area (Å²) in [6.45, 7) is 1.12. The highest BCUT2D eigenvalue weighted by Gasteiger charge is 2.17. The van der Waals surface area contributed by atoms with E-state index in [0.29, 0.717) is 35.7 Å². The van der Waals surface area contributed by atoms with Gasteiger partial charge in [0.25, 0.3) is 6.43 Å². The van der Waals surface area contributed by atoms with Crippen LogP contribution in [0.4, 0.5) is 8.78 Å². The number of hydrogen-bond acceptors (Lipinski definition) is 3. The molecule has 90 valence electrons. The van der Waals surface area contributed by atoms with Crippen molar-refractivity contribution in [2.45, 2.75) is 12.8 Å². The average Bonchev–Trinajstić information content (AvgIpc) is 2.58. The zero-order valence-electron chi connectivity index (χ0n) is 8.87. The third-order valence-electron chi connectivity index (χ3n) is 2.58. The summed E-state index contributed by atoms with van der Waals surface area (Å²) < 4.78 is 35.9. The van der Waals surface area contributed by atoms with Crippen LogP contribution in [0.15, 0.2) is 12.1 Å². The Morgan fingerprint density at radius 3 is 2.59 bits per heavy atom. The van der Waals surface area contributed by atoms with Gasteiger partial charge in [-0.25, -0.2) is 13.8 Å². The summed E-state index contributed by atoms with van der Waals surface area (Å²) in [6, 6.07) is 3.27. The SMILES string of the molecule is FC(F)c1nc2cc3c(cc2[nH]1)OCCCO3. The Balaban J connectivity index is 2.12. The monoisotopic (exact) mass is 240 g/mol. The number of benzene rings is 1. The van der Waals surface area contributed by atoms with Gasteiger partial charge in [-0.15, -0.1) is 0 Å². The van der Waals surface area contributed by atoms with Gasteiger partial charge in [0.1, 0.15) is 0 Å². The number of halogens is 2. The van der Waals surface area contributed by atoms with Gasteiger partial charge in [-0.05, 0) is 0 Å². The summed E-state index contributed by atoms with van der Waals surface area (Å²) in [5.74, 6) is 0.793. The van der Waals surface area contributed by atoms with Gasteiger partial charge in [-0.3, -0.25) is 0 Å². The third kappa shape index (κ3) is 1.79. The Bertz CT molecular complexity index is 511. The number of aromatic amines is 1. The minimum Gasteiger partial charge on any atom is -0.489 e. The number of fused-ring (bicyclic) bond motifs is 2. The quantitative estimate of drug-likeness (QED) is 0.833. The molecule has 0 spiro atoms. The Morgan fingerprint density at radius 2 is 1.88 bits per heavy atom. The molecule has 0 saturated carbocycles. The molecule has 2 aromatic rings. The maximum absolute atomic E-state index is 12.5. The lowest BCUT2D eigenvalue weighted by Crippen LogP contribution is -1.97. The first-order valence-electron chi connectivity index (χ1n) is 5.31. The second-order valence-electron chi connectivity index (χ2n) is 3.79. The lowest BCUT2D eigenvalue weighted by atomic mass is 10.3. The van der Waals surface area contributed by atoms with Crippen LogP contribution >= 0.6 is 0 Å². The van der Waals surface area contributed by atoms with Crippen molar-refractivity contribution >= 4 is 11.0 Å². The van der Waals surface area contributed by atoms with Crippen molar-refractivity contribution in [3.05, 3.63) is 18.0 Å². The second-order valence-corrected chi connectivity index (χ2v) is 3.79. The fourth-order valence-corrected chi connectivity index (χ4v) is 1.79. The van der Waals surface area contributed by atoms with E-state index < -0.39 is 6.43 Å². The van der Waals surface area contributed by atoms with Crippen molar-refractivity contribution in [1.29, 1.82) is 0 Å². The van der Waals surface area contributed by atoms with Crippen molar-refractivity contribution in [1.82, 2.24) is 9.97 Å². The highest BCUT2D eigenvalue weighted by atomic mass is 19.3. The van der Waals surface area contributed by atoms with Gasteiger partial charge in [0.2, 0.25) is 0 Å². The summed E-state index contributed by atoms with van der Waals surface area (Å²) in [6.07, 6.45) is -1.80. The van der Waals surface area contributed by atoms with Crippen LogP contribution in [0.3, 0.4) is 0 Å². The van der Waals surface area contributed by atoms with E-state index in [1.165, 1.54) is 0 Å². The van der Waals surface area contributed by atoms with Gasteiger partial charge in [-0.2, -0.15) is 0 Å². The van der Waals surface area contributed by atoms with E-state index in [9.17, 15) is 8.78 Å². The van der Waals surface area contributed by atoms with Crippen LogP contribution in [0.2, 0.25) is 0 Å². The lowest BCUT2D eigenvalue weighted by Gasteiger charge is -2.05. The minimum absolute atomic E-state index is 0.333. The van der Waals surface area contributed by atoms with E-state index in [1.54, 1.807) is 12.1 Å². The van der Waals surface area contributed by atoms with Crippen LogP contribution in [0.25, 0.3) is 11.0 Å². The number of imidazole rings is 1. The second kappa shape index (κ2) is 3.87. The Hall–Kier alpha value is -1.85. The predicted octanol–water partition coefficient (Wildman–Crippen LogP) is 2.66. The zero-order chi connectivity index (χ0) is 11.8. The first-order chi connectivity index (χ1) is 8.24. The largest absolute Gasteiger partial charge is 0.489 e. The van der Waals surface area contributed by atoms with E-state index in [0.717, 1.165) is 6.42 Å². The molecule has 3 rings (SSSR count). The molecule has 0 unspecified atom stereocenters. The van der Waals surface area contributed by atoms with Crippen LogP contribution in [-0.4, -0.2) is 23.2 Å². The molecule has 0 fully saturated rings. The van der Waals surface area contributed by atoms with Crippen LogP contribution < -0.4 is 9.47 Å². The number of ether oxygens (including phenoxy) is 2. The van der Waals surface area contributed by atoms with Crippen LogP contribution in [0.1, 0.15) is 18.7 Å². The van der Waals surface area contributed by atoms with Crippen molar-refractivity contribution in [2.75, 3.05) is 13.2 Å². The average molecular weight is 240 g/mol. The first-order valence-corrected chi connectivity index (χ1v) is 5.31. The molecule has 2 heterocycles. The molecule has 0 aliphatic carbocycles. The summed E-state index contributed by atoms with van der Waals surface area (Å²) in [7, 11) is 0. The normalized spacial score (nSPS) is 15.2. The maximum atomic E-state index is 12.5. The van der Waals surface area contributed by atoms with Crippen LogP contribution in [-0.2, 0) is 0 Å². The van der Waals surface area contributed by atoms with E-state index in [-0.39, 0.29) is 5.82 Å². The molecule has 1 aliphatic heterocycles. The van der Waals surface area contributed by atoms with Gasteiger partial charge in [0.05, 0.1) is 24.2 Å². The lowest BCUT2D eigenvalue weighted by molar-refractivity contribution is 0.142. The first kappa shape index (κ1) is 10.3. The van der Waals surface area contributed by atoms with Gasteiger partial charge < -0.3 is 14.5 Å². The maximum Gasteiger partial charge on any atom is 0.295 e. The number of nitrogens with zero attached hydrogens (tertiary/aromatic N) is 1. The molecule has 17 heavy (non-hydrogen) atoms. The molecule has 0 bridgehead atoms.